The highest BCUT2D eigenvalue weighted by atomic mass is 32.2. The van der Waals surface area contributed by atoms with Crippen molar-refractivity contribution in [2.75, 3.05) is 31.1 Å². The summed E-state index contributed by atoms with van der Waals surface area (Å²) in [6.45, 7) is 9.63. The van der Waals surface area contributed by atoms with Crippen LogP contribution in [0.15, 0.2) is 53.4 Å². The number of hydrogen-bond acceptors (Lipinski definition) is 3. The molecule has 2 aromatic carbocycles. The van der Waals surface area contributed by atoms with Crippen molar-refractivity contribution >= 4 is 23.4 Å². The fraction of sp³-hybridized carbons (Fsp3) is 0.381. The van der Waals surface area contributed by atoms with Crippen molar-refractivity contribution in [2.24, 2.45) is 0 Å². The molecule has 1 fully saturated rings. The molecule has 0 aromatic heterocycles. The quantitative estimate of drug-likeness (QED) is 0.771. The predicted octanol–water partition coefficient (Wildman–Crippen LogP) is 4.13. The maximum Gasteiger partial charge on any atom is 0.235 e. The van der Waals surface area contributed by atoms with Gasteiger partial charge in [0.25, 0.3) is 0 Å². The minimum atomic E-state index is -0.0512. The van der Waals surface area contributed by atoms with Crippen LogP contribution in [0.2, 0.25) is 0 Å². The number of amides is 1. The first-order valence-corrected chi connectivity index (χ1v) is 9.75. The number of rotatable bonds is 4. The first-order valence-electron chi connectivity index (χ1n) is 8.87. The Hall–Kier alpha value is -1.94. The van der Waals surface area contributed by atoms with E-state index in [1.807, 2.05) is 17.9 Å². The second-order valence-corrected chi connectivity index (χ2v) is 8.06. The van der Waals surface area contributed by atoms with Crippen LogP contribution in [0.5, 0.6) is 0 Å². The minimum absolute atomic E-state index is 0.0512. The summed E-state index contributed by atoms with van der Waals surface area (Å²) in [6.07, 6.45) is 0. The average Bonchev–Trinajstić information content (AvgIpc) is 2.64. The Labute approximate surface area is 155 Å². The zero-order chi connectivity index (χ0) is 17.8. The van der Waals surface area contributed by atoms with Crippen molar-refractivity contribution in [1.29, 1.82) is 0 Å². The van der Waals surface area contributed by atoms with Crippen LogP contribution in [-0.2, 0) is 4.79 Å². The summed E-state index contributed by atoms with van der Waals surface area (Å²) >= 11 is 1.67. The second-order valence-electron chi connectivity index (χ2n) is 6.68. The first-order chi connectivity index (χ1) is 12.0. The minimum Gasteiger partial charge on any atom is -0.368 e. The predicted molar refractivity (Wildman–Crippen MR) is 106 cm³/mol. The van der Waals surface area contributed by atoms with E-state index < -0.39 is 0 Å². The lowest BCUT2D eigenvalue weighted by molar-refractivity contribution is -0.130. The molecule has 1 atom stereocenters. The van der Waals surface area contributed by atoms with Crippen molar-refractivity contribution < 1.29 is 4.79 Å². The molecule has 1 aliphatic heterocycles. The van der Waals surface area contributed by atoms with Crippen molar-refractivity contribution in [3.8, 4) is 0 Å². The molecule has 0 N–H and O–H groups in total. The highest BCUT2D eigenvalue weighted by molar-refractivity contribution is 8.00. The first kappa shape index (κ1) is 17.9. The summed E-state index contributed by atoms with van der Waals surface area (Å²) in [5.41, 5.74) is 3.75. The third-order valence-electron chi connectivity index (χ3n) is 4.69. The van der Waals surface area contributed by atoms with Gasteiger partial charge in [-0.25, -0.2) is 0 Å². The largest absolute Gasteiger partial charge is 0.368 e. The third-order valence-corrected chi connectivity index (χ3v) is 5.96. The number of benzene rings is 2. The van der Waals surface area contributed by atoms with Crippen LogP contribution in [0, 0.1) is 13.8 Å². The Bertz CT molecular complexity index is 724. The summed E-state index contributed by atoms with van der Waals surface area (Å²) in [6, 6.07) is 16.9. The van der Waals surface area contributed by atoms with Gasteiger partial charge in [0.1, 0.15) is 0 Å². The Balaban J connectivity index is 1.56. The van der Waals surface area contributed by atoms with Gasteiger partial charge < -0.3 is 9.80 Å². The molecular weight excluding hydrogens is 328 g/mol. The highest BCUT2D eigenvalue weighted by Gasteiger charge is 2.25. The van der Waals surface area contributed by atoms with E-state index in [0.29, 0.717) is 0 Å². The van der Waals surface area contributed by atoms with Gasteiger partial charge in [0.05, 0.1) is 5.25 Å². The Kier molecular flexibility index (Phi) is 5.69. The van der Waals surface area contributed by atoms with Crippen molar-refractivity contribution in [3.05, 3.63) is 59.7 Å². The molecule has 0 unspecified atom stereocenters. The molecule has 0 spiro atoms. The number of thioether (sulfide) groups is 1. The lowest BCUT2D eigenvalue weighted by Gasteiger charge is -2.37. The van der Waals surface area contributed by atoms with E-state index in [0.717, 1.165) is 26.2 Å². The van der Waals surface area contributed by atoms with Gasteiger partial charge in [-0.05, 0) is 44.5 Å². The summed E-state index contributed by atoms with van der Waals surface area (Å²) in [7, 11) is 0. The van der Waals surface area contributed by atoms with Gasteiger partial charge in [-0.3, -0.25) is 4.79 Å². The van der Waals surface area contributed by atoms with Crippen LogP contribution in [-0.4, -0.2) is 42.2 Å². The van der Waals surface area contributed by atoms with E-state index >= 15 is 0 Å². The molecule has 0 bridgehead atoms. The molecule has 1 amide bonds. The van der Waals surface area contributed by atoms with Crippen molar-refractivity contribution in [3.63, 3.8) is 0 Å². The van der Waals surface area contributed by atoms with E-state index in [4.69, 9.17) is 0 Å². The number of nitrogens with zero attached hydrogens (tertiary/aromatic N) is 2. The lowest BCUT2D eigenvalue weighted by atomic mass is 10.2. The molecular formula is C21H26N2OS. The van der Waals surface area contributed by atoms with Gasteiger partial charge in [-0.2, -0.15) is 0 Å². The number of anilines is 1. The number of para-hydroxylation sites is 1. The summed E-state index contributed by atoms with van der Waals surface area (Å²) < 4.78 is 0. The van der Waals surface area contributed by atoms with Gasteiger partial charge >= 0.3 is 0 Å². The average molecular weight is 355 g/mol. The van der Waals surface area contributed by atoms with E-state index in [-0.39, 0.29) is 11.2 Å². The topological polar surface area (TPSA) is 23.6 Å². The highest BCUT2D eigenvalue weighted by Crippen LogP contribution is 2.28. The molecule has 0 aliphatic carbocycles. The van der Waals surface area contributed by atoms with Crippen molar-refractivity contribution in [1.82, 2.24) is 4.90 Å². The van der Waals surface area contributed by atoms with Crippen LogP contribution in [0.25, 0.3) is 0 Å². The van der Waals surface area contributed by atoms with Crippen LogP contribution in [0.1, 0.15) is 18.1 Å². The maximum atomic E-state index is 12.8. The van der Waals surface area contributed by atoms with Gasteiger partial charge in [0.15, 0.2) is 0 Å². The lowest BCUT2D eigenvalue weighted by Crippen LogP contribution is -2.50. The number of piperazine rings is 1. The van der Waals surface area contributed by atoms with Crippen LogP contribution >= 0.6 is 11.8 Å². The molecule has 0 radical (unpaired) electrons. The molecule has 3 rings (SSSR count). The Morgan fingerprint density at radius 3 is 2.32 bits per heavy atom. The number of aryl methyl sites for hydroxylation is 2. The monoisotopic (exact) mass is 354 g/mol. The van der Waals surface area contributed by atoms with E-state index in [9.17, 15) is 4.79 Å². The van der Waals surface area contributed by atoms with Crippen molar-refractivity contribution in [2.45, 2.75) is 30.9 Å². The summed E-state index contributed by atoms with van der Waals surface area (Å²) in [4.78, 5) is 18.4. The van der Waals surface area contributed by atoms with Gasteiger partial charge in [0.2, 0.25) is 5.91 Å². The second kappa shape index (κ2) is 7.96. The molecule has 3 nitrogen and oxygen atoms in total. The Morgan fingerprint density at radius 1 is 1.00 bits per heavy atom. The number of carbonyl (C=O) groups is 1. The van der Waals surface area contributed by atoms with E-state index in [1.165, 1.54) is 21.7 Å². The molecule has 1 heterocycles. The van der Waals surface area contributed by atoms with E-state index in [2.05, 4.69) is 61.2 Å². The molecule has 2 aromatic rings. The van der Waals surface area contributed by atoms with Gasteiger partial charge in [-0.15, -0.1) is 11.8 Å². The number of hydrogen-bond donors (Lipinski definition) is 0. The van der Waals surface area contributed by atoms with Gasteiger partial charge in [-0.1, -0.05) is 35.9 Å². The maximum absolute atomic E-state index is 12.8. The zero-order valence-electron chi connectivity index (χ0n) is 15.2. The third kappa shape index (κ3) is 4.37. The summed E-state index contributed by atoms with van der Waals surface area (Å²) in [5, 5.41) is -0.0512. The Morgan fingerprint density at radius 2 is 1.68 bits per heavy atom. The van der Waals surface area contributed by atoms with E-state index in [1.54, 1.807) is 11.8 Å². The fourth-order valence-electron chi connectivity index (χ4n) is 3.25. The molecule has 0 saturated carbocycles. The smallest absolute Gasteiger partial charge is 0.235 e. The van der Waals surface area contributed by atoms with Gasteiger partial charge in [0, 0.05) is 36.8 Å². The molecule has 132 valence electrons. The fourth-order valence-corrected chi connectivity index (χ4v) is 4.28. The number of carbonyl (C=O) groups excluding carboxylic acids is 1. The summed E-state index contributed by atoms with van der Waals surface area (Å²) in [5.74, 6) is 0.248. The van der Waals surface area contributed by atoms with Crippen LogP contribution < -0.4 is 4.90 Å². The van der Waals surface area contributed by atoms with Crippen LogP contribution in [0.4, 0.5) is 5.69 Å². The zero-order valence-corrected chi connectivity index (χ0v) is 16.1. The molecule has 4 heteroatoms. The molecule has 25 heavy (non-hydrogen) atoms. The van der Waals surface area contributed by atoms with Crippen LogP contribution in [0.3, 0.4) is 0 Å². The normalized spacial score (nSPS) is 16.0. The SMILES string of the molecule is Cc1ccc(S[C@@H](C)C(=O)N2CCN(c3ccccc3)CC2)c(C)c1. The standard InChI is InChI=1S/C21H26N2OS/c1-16-9-10-20(17(2)15-16)25-18(3)21(24)23-13-11-22(12-14-23)19-7-5-4-6-8-19/h4-10,15,18H,11-14H2,1-3H3/t18-/m0/s1. The molecule has 1 saturated heterocycles. The molecule has 1 aliphatic rings.